The highest BCUT2D eigenvalue weighted by Crippen LogP contribution is 2.55. The number of hydrogen-bond donors (Lipinski definition) is 2. The standard InChI is InChI=1S/C46H62N8O5/c1-31(59-26-33-10-16-45(17-11-33)14-7-15-45)39(43(58)51-18-12-34(13-19-51)38-22-47-30-48-38)50-40(55)37-25-52(27-46(37)28-53(29-46)42(57)36-20-44(36,2)3)41(56)35-21-49-54(24-35)23-32-8-5-4-6-9-32/h4-6,8-9,21-22,24,30-31,33-34,36-37,39H,7,10-20,23,25-29H2,1-3H3,(H,47,48)(H,50,55)/t31-,36-,37+,39+/m1/s1. The summed E-state index contributed by atoms with van der Waals surface area (Å²) in [4.78, 5) is 70.1. The number of aromatic nitrogens is 4. The van der Waals surface area contributed by atoms with E-state index in [1.807, 2.05) is 53.3 Å². The van der Waals surface area contributed by atoms with E-state index in [2.05, 4.69) is 34.2 Å². The molecule has 316 valence electrons. The highest BCUT2D eigenvalue weighted by molar-refractivity contribution is 5.96. The van der Waals surface area contributed by atoms with Crippen molar-refractivity contribution in [1.29, 1.82) is 0 Å². The van der Waals surface area contributed by atoms with E-state index in [-0.39, 0.29) is 41.5 Å². The Labute approximate surface area is 348 Å². The molecule has 9 rings (SSSR count). The van der Waals surface area contributed by atoms with Crippen molar-refractivity contribution < 1.29 is 23.9 Å². The van der Waals surface area contributed by atoms with Gasteiger partial charge in [0.05, 0.1) is 36.7 Å². The molecule has 59 heavy (non-hydrogen) atoms. The van der Waals surface area contributed by atoms with E-state index in [1.165, 1.54) is 32.1 Å². The maximum atomic E-state index is 14.8. The maximum Gasteiger partial charge on any atom is 0.257 e. The Hall–Kier alpha value is -4.52. The van der Waals surface area contributed by atoms with Crippen molar-refractivity contribution in [2.75, 3.05) is 45.9 Å². The van der Waals surface area contributed by atoms with Crippen LogP contribution in [0.5, 0.6) is 0 Å². The minimum atomic E-state index is -0.879. The molecule has 1 aromatic carbocycles. The molecule has 3 saturated heterocycles. The van der Waals surface area contributed by atoms with E-state index in [1.54, 1.807) is 28.3 Å². The van der Waals surface area contributed by atoms with Gasteiger partial charge in [-0.05, 0) is 87.0 Å². The van der Waals surface area contributed by atoms with Gasteiger partial charge in [0.1, 0.15) is 6.04 Å². The first-order chi connectivity index (χ1) is 28.4. The number of hydrogen-bond acceptors (Lipinski definition) is 7. The Bertz CT molecular complexity index is 1980. The second-order valence-electron chi connectivity index (χ2n) is 19.9. The van der Waals surface area contributed by atoms with Crippen molar-refractivity contribution in [3.05, 3.63) is 72.1 Å². The van der Waals surface area contributed by atoms with E-state index in [9.17, 15) is 19.2 Å². The summed E-state index contributed by atoms with van der Waals surface area (Å²) in [6.45, 7) is 9.78. The lowest BCUT2D eigenvalue weighted by Gasteiger charge is -2.50. The van der Waals surface area contributed by atoms with Gasteiger partial charge in [0.2, 0.25) is 17.7 Å². The third-order valence-electron chi connectivity index (χ3n) is 15.4. The van der Waals surface area contributed by atoms with Crippen LogP contribution >= 0.6 is 0 Å². The highest BCUT2D eigenvalue weighted by Gasteiger charge is 2.62. The van der Waals surface area contributed by atoms with Gasteiger partial charge >= 0.3 is 0 Å². The predicted molar refractivity (Wildman–Crippen MR) is 221 cm³/mol. The minimum absolute atomic E-state index is 0.0115. The molecule has 0 unspecified atom stereocenters. The van der Waals surface area contributed by atoms with Crippen LogP contribution in [0.25, 0.3) is 0 Å². The normalized spacial score (nSPS) is 25.6. The number of nitrogens with one attached hydrogen (secondary N) is 2. The largest absolute Gasteiger partial charge is 0.376 e. The lowest BCUT2D eigenvalue weighted by Crippen LogP contribution is -2.65. The second-order valence-corrected chi connectivity index (χ2v) is 19.9. The quantitative estimate of drug-likeness (QED) is 0.254. The molecule has 0 radical (unpaired) electrons. The van der Waals surface area contributed by atoms with Crippen LogP contribution in [-0.2, 0) is 25.7 Å². The van der Waals surface area contributed by atoms with E-state index >= 15 is 0 Å². The van der Waals surface area contributed by atoms with E-state index in [0.29, 0.717) is 68.7 Å². The van der Waals surface area contributed by atoms with Crippen LogP contribution in [0.15, 0.2) is 55.2 Å². The molecule has 3 aliphatic carbocycles. The number of carbonyl (C=O) groups is 4. The van der Waals surface area contributed by atoms with Gasteiger partial charge in [0.25, 0.3) is 5.91 Å². The number of piperidine rings is 1. The first-order valence-electron chi connectivity index (χ1n) is 22.2. The zero-order valence-corrected chi connectivity index (χ0v) is 35.1. The molecular formula is C46H62N8O5. The minimum Gasteiger partial charge on any atom is -0.376 e. The molecule has 4 atom stereocenters. The van der Waals surface area contributed by atoms with Gasteiger partial charge in [-0.3, -0.25) is 23.9 Å². The number of rotatable bonds is 12. The molecule has 0 bridgehead atoms. The van der Waals surface area contributed by atoms with Crippen molar-refractivity contribution in [3.8, 4) is 0 Å². The SMILES string of the molecule is C[C@@H](OCC1CCC2(CCC2)CC1)[C@H](NC(=O)[C@@H]1CN(C(=O)c2cnn(Cc3ccccc3)c2)CC12CN(C(=O)[C@H]1CC1(C)C)C2)C(=O)N1CCC(c2cnc[nH]2)CC1. The number of H-pyrrole nitrogens is 1. The summed E-state index contributed by atoms with van der Waals surface area (Å²) in [6, 6.07) is 9.10. The van der Waals surface area contributed by atoms with Gasteiger partial charge in [-0.25, -0.2) is 4.98 Å². The Morgan fingerprint density at radius 3 is 2.27 bits per heavy atom. The zero-order valence-electron chi connectivity index (χ0n) is 35.1. The van der Waals surface area contributed by atoms with Crippen LogP contribution in [0, 0.1) is 34.0 Å². The van der Waals surface area contributed by atoms with E-state index in [0.717, 1.165) is 43.4 Å². The molecule has 3 aliphatic heterocycles. The van der Waals surface area contributed by atoms with Gasteiger partial charge in [-0.1, -0.05) is 50.6 Å². The molecule has 13 nitrogen and oxygen atoms in total. The average Bonchev–Trinajstić information content (AvgIpc) is 3.74. The molecule has 2 spiro atoms. The summed E-state index contributed by atoms with van der Waals surface area (Å²) in [5, 5.41) is 7.72. The van der Waals surface area contributed by atoms with Gasteiger partial charge < -0.3 is 29.7 Å². The van der Waals surface area contributed by atoms with Crippen LogP contribution in [0.3, 0.4) is 0 Å². The number of imidazole rings is 1. The Morgan fingerprint density at radius 2 is 1.63 bits per heavy atom. The lowest BCUT2D eigenvalue weighted by molar-refractivity contribution is -0.153. The summed E-state index contributed by atoms with van der Waals surface area (Å²) in [6.07, 6.45) is 17.7. The van der Waals surface area contributed by atoms with Gasteiger partial charge in [0.15, 0.2) is 0 Å². The Morgan fingerprint density at radius 1 is 0.915 bits per heavy atom. The van der Waals surface area contributed by atoms with Gasteiger partial charge in [-0.15, -0.1) is 0 Å². The molecule has 3 aromatic rings. The van der Waals surface area contributed by atoms with Crippen LogP contribution in [0.1, 0.15) is 113 Å². The van der Waals surface area contributed by atoms with Crippen molar-refractivity contribution in [2.45, 2.75) is 110 Å². The molecule has 5 heterocycles. The van der Waals surface area contributed by atoms with Gasteiger partial charge in [-0.2, -0.15) is 5.10 Å². The fraction of sp³-hybridized carbons (Fsp3) is 0.652. The molecule has 4 amide bonds. The van der Waals surface area contributed by atoms with Gasteiger partial charge in [0, 0.05) is 81.2 Å². The first-order valence-corrected chi connectivity index (χ1v) is 22.2. The van der Waals surface area contributed by atoms with Crippen molar-refractivity contribution >= 4 is 23.6 Å². The summed E-state index contributed by atoms with van der Waals surface area (Å²) < 4.78 is 8.33. The Kier molecular flexibility index (Phi) is 10.7. The molecule has 3 saturated carbocycles. The Balaban J connectivity index is 0.914. The molecule has 2 aromatic heterocycles. The smallest absolute Gasteiger partial charge is 0.257 e. The molecule has 6 fully saturated rings. The highest BCUT2D eigenvalue weighted by atomic mass is 16.5. The molecule has 13 heteroatoms. The maximum absolute atomic E-state index is 14.8. The third kappa shape index (κ3) is 8.08. The lowest BCUT2D eigenvalue weighted by atomic mass is 9.59. The van der Waals surface area contributed by atoms with Crippen LogP contribution in [0.2, 0.25) is 0 Å². The number of nitrogens with zero attached hydrogens (tertiary/aromatic N) is 6. The molecule has 6 aliphatic rings. The molecule has 2 N–H and O–H groups in total. The fourth-order valence-corrected chi connectivity index (χ4v) is 11.0. The summed E-state index contributed by atoms with van der Waals surface area (Å²) in [5.74, 6) is -0.312. The number of carbonyl (C=O) groups excluding carboxylic acids is 4. The van der Waals surface area contributed by atoms with Crippen molar-refractivity contribution in [2.24, 2.45) is 34.0 Å². The second kappa shape index (κ2) is 15.8. The fourth-order valence-electron chi connectivity index (χ4n) is 11.0. The molecular weight excluding hydrogens is 745 g/mol. The zero-order chi connectivity index (χ0) is 40.9. The number of amides is 4. The number of likely N-dealkylation sites (tertiary alicyclic amines) is 3. The van der Waals surface area contributed by atoms with E-state index in [4.69, 9.17) is 4.74 Å². The number of ether oxygens (including phenoxy) is 1. The van der Waals surface area contributed by atoms with Crippen molar-refractivity contribution in [1.82, 2.24) is 39.8 Å². The summed E-state index contributed by atoms with van der Waals surface area (Å²) in [5.41, 5.74) is 2.55. The number of benzene rings is 1. The van der Waals surface area contributed by atoms with E-state index < -0.39 is 23.5 Å². The monoisotopic (exact) mass is 806 g/mol. The van der Waals surface area contributed by atoms with Crippen LogP contribution in [0.4, 0.5) is 0 Å². The van der Waals surface area contributed by atoms with Crippen LogP contribution < -0.4 is 5.32 Å². The summed E-state index contributed by atoms with van der Waals surface area (Å²) in [7, 11) is 0. The third-order valence-corrected chi connectivity index (χ3v) is 15.4. The summed E-state index contributed by atoms with van der Waals surface area (Å²) >= 11 is 0. The van der Waals surface area contributed by atoms with Crippen LogP contribution in [-0.4, -0.2) is 116 Å². The van der Waals surface area contributed by atoms with Crippen molar-refractivity contribution in [3.63, 3.8) is 0 Å². The predicted octanol–water partition coefficient (Wildman–Crippen LogP) is 5.26. The average molecular weight is 807 g/mol. The number of aromatic amines is 1. The topological polar surface area (TPSA) is 146 Å². The first kappa shape index (κ1) is 39.9.